The molecule has 2 bridgehead atoms. The van der Waals surface area contributed by atoms with E-state index in [0.29, 0.717) is 17.5 Å². The van der Waals surface area contributed by atoms with Gasteiger partial charge in [-0.25, -0.2) is 15.0 Å². The molecule has 262 valence electrons. The fraction of sp³-hybridized carbons (Fsp3) is 0.0400. The molecule has 3 aliphatic carbocycles. The fourth-order valence-electron chi connectivity index (χ4n) is 8.52. The van der Waals surface area contributed by atoms with Gasteiger partial charge in [0.25, 0.3) is 0 Å². The van der Waals surface area contributed by atoms with Crippen molar-refractivity contribution in [3.63, 3.8) is 0 Å². The number of pyridine rings is 1. The molecule has 2 unspecified atom stereocenters. The van der Waals surface area contributed by atoms with E-state index in [-0.39, 0.29) is 11.8 Å². The summed E-state index contributed by atoms with van der Waals surface area (Å²) in [5, 5.41) is 8.54. The molecule has 6 nitrogen and oxygen atoms in total. The van der Waals surface area contributed by atoms with Crippen molar-refractivity contribution in [2.45, 2.75) is 11.8 Å². The predicted octanol–water partition coefficient (Wildman–Crippen LogP) is 11.0. The molecular weight excluding hydrogens is 685 g/mol. The SMILES string of the molecule is c1ccc(-c2nc(-c3ccc(-c4cccnc4)cc3)nc(-c3ccc(-c4ccc5c(c4)C4c6ccccc6C5c5cc(-c6cccnn6)ccc54)cc3)n2)cc1. The van der Waals surface area contributed by atoms with Gasteiger partial charge in [0, 0.05) is 52.7 Å². The van der Waals surface area contributed by atoms with Crippen molar-refractivity contribution in [3.8, 4) is 67.7 Å². The van der Waals surface area contributed by atoms with Crippen LogP contribution in [0.25, 0.3) is 67.7 Å². The normalized spacial score (nSPS) is 14.8. The Morgan fingerprint density at radius 2 is 0.786 bits per heavy atom. The summed E-state index contributed by atoms with van der Waals surface area (Å²) in [5.41, 5.74) is 17.5. The Labute approximate surface area is 324 Å². The van der Waals surface area contributed by atoms with Crippen LogP contribution in [-0.2, 0) is 0 Å². The van der Waals surface area contributed by atoms with Gasteiger partial charge in [-0.1, -0.05) is 133 Å². The molecule has 6 aromatic carbocycles. The molecule has 0 radical (unpaired) electrons. The standard InChI is InChI=1S/C50H32N6/c1-2-8-33(9-3-1)48-53-49(55-50(54-48)35-20-16-32(17-21-35)38-10-6-26-51-30-38)34-18-14-31(15-19-34)36-22-24-41-43(28-36)46-39-11-4-5-12-40(39)47(41)44-29-37(23-25-42(44)46)45-13-7-27-52-56-45/h1-30,46-47H. The summed E-state index contributed by atoms with van der Waals surface area (Å²) in [6.45, 7) is 0. The lowest BCUT2D eigenvalue weighted by Gasteiger charge is -2.42. The van der Waals surface area contributed by atoms with Gasteiger partial charge in [0.1, 0.15) is 0 Å². The molecule has 0 N–H and O–H groups in total. The summed E-state index contributed by atoms with van der Waals surface area (Å²) in [6, 6.07) is 57.8. The average molecular weight is 717 g/mol. The molecular formula is C50H32N6. The Morgan fingerprint density at radius 3 is 1.36 bits per heavy atom. The lowest BCUT2D eigenvalue weighted by atomic mass is 9.60. The molecule has 9 aromatic rings. The highest BCUT2D eigenvalue weighted by atomic mass is 15.1. The van der Waals surface area contributed by atoms with Crippen LogP contribution in [0, 0.1) is 0 Å². The second-order valence-electron chi connectivity index (χ2n) is 14.4. The Bertz CT molecular complexity index is 2890. The minimum absolute atomic E-state index is 0.162. The van der Waals surface area contributed by atoms with Crippen molar-refractivity contribution in [2.75, 3.05) is 0 Å². The lowest BCUT2D eigenvalue weighted by Crippen LogP contribution is -2.27. The molecule has 56 heavy (non-hydrogen) atoms. The number of hydrogen-bond donors (Lipinski definition) is 0. The van der Waals surface area contributed by atoms with E-state index in [9.17, 15) is 0 Å². The molecule has 2 atom stereocenters. The first kappa shape index (κ1) is 32.0. The van der Waals surface area contributed by atoms with Crippen LogP contribution in [0.4, 0.5) is 0 Å². The largest absolute Gasteiger partial charge is 0.264 e. The van der Waals surface area contributed by atoms with Crippen LogP contribution >= 0.6 is 0 Å². The third-order valence-electron chi connectivity index (χ3n) is 11.2. The van der Waals surface area contributed by atoms with Crippen LogP contribution in [-0.4, -0.2) is 30.1 Å². The lowest BCUT2D eigenvalue weighted by molar-refractivity contribution is 0.755. The van der Waals surface area contributed by atoms with E-state index in [4.69, 9.17) is 15.0 Å². The smallest absolute Gasteiger partial charge is 0.164 e. The van der Waals surface area contributed by atoms with Gasteiger partial charge >= 0.3 is 0 Å². The third kappa shape index (κ3) is 5.42. The van der Waals surface area contributed by atoms with Crippen LogP contribution in [0.5, 0.6) is 0 Å². The van der Waals surface area contributed by atoms with E-state index in [1.54, 1.807) is 12.4 Å². The van der Waals surface area contributed by atoms with Crippen LogP contribution in [0.3, 0.4) is 0 Å². The zero-order chi connectivity index (χ0) is 37.0. The highest BCUT2D eigenvalue weighted by Crippen LogP contribution is 2.56. The first-order valence-electron chi connectivity index (χ1n) is 18.8. The van der Waals surface area contributed by atoms with Crippen molar-refractivity contribution in [1.82, 2.24) is 30.1 Å². The van der Waals surface area contributed by atoms with Crippen molar-refractivity contribution >= 4 is 0 Å². The summed E-state index contributed by atoms with van der Waals surface area (Å²) < 4.78 is 0. The minimum Gasteiger partial charge on any atom is -0.264 e. The summed E-state index contributed by atoms with van der Waals surface area (Å²) >= 11 is 0. The molecule has 0 saturated heterocycles. The zero-order valence-corrected chi connectivity index (χ0v) is 30.2. The van der Waals surface area contributed by atoms with Gasteiger partial charge in [-0.05, 0) is 86.0 Å². The van der Waals surface area contributed by atoms with Crippen LogP contribution in [0.2, 0.25) is 0 Å². The number of hydrogen-bond acceptors (Lipinski definition) is 6. The second kappa shape index (κ2) is 13.1. The first-order chi connectivity index (χ1) is 27.7. The number of benzene rings is 6. The van der Waals surface area contributed by atoms with Gasteiger partial charge in [0.05, 0.1) is 5.69 Å². The maximum Gasteiger partial charge on any atom is 0.164 e. The number of aromatic nitrogens is 6. The van der Waals surface area contributed by atoms with Crippen LogP contribution < -0.4 is 0 Å². The monoisotopic (exact) mass is 716 g/mol. The summed E-state index contributed by atoms with van der Waals surface area (Å²) in [7, 11) is 0. The molecule has 0 spiro atoms. The quantitative estimate of drug-likeness (QED) is 0.170. The Balaban J connectivity index is 0.949. The summed E-state index contributed by atoms with van der Waals surface area (Å²) in [6.07, 6.45) is 5.38. The topological polar surface area (TPSA) is 77.3 Å². The molecule has 3 aliphatic rings. The van der Waals surface area contributed by atoms with E-state index >= 15 is 0 Å². The predicted molar refractivity (Wildman–Crippen MR) is 221 cm³/mol. The number of rotatable bonds is 6. The third-order valence-corrected chi connectivity index (χ3v) is 11.2. The first-order valence-corrected chi connectivity index (χ1v) is 18.8. The molecule has 0 aliphatic heterocycles. The maximum atomic E-state index is 5.01. The maximum absolute atomic E-state index is 5.01. The molecule has 0 fully saturated rings. The van der Waals surface area contributed by atoms with Crippen molar-refractivity contribution in [1.29, 1.82) is 0 Å². The Morgan fingerprint density at radius 1 is 0.321 bits per heavy atom. The highest BCUT2D eigenvalue weighted by molar-refractivity contribution is 5.77. The number of nitrogens with zero attached hydrogens (tertiary/aromatic N) is 6. The Hall–Kier alpha value is -7.44. The average Bonchev–Trinajstić information content (AvgIpc) is 3.29. The summed E-state index contributed by atoms with van der Waals surface area (Å²) in [4.78, 5) is 19.2. The van der Waals surface area contributed by atoms with Crippen molar-refractivity contribution in [2.24, 2.45) is 0 Å². The van der Waals surface area contributed by atoms with Gasteiger partial charge < -0.3 is 0 Å². The summed E-state index contributed by atoms with van der Waals surface area (Å²) in [5.74, 6) is 2.23. The molecule has 0 amide bonds. The van der Waals surface area contributed by atoms with E-state index in [1.807, 2.05) is 54.7 Å². The van der Waals surface area contributed by atoms with Crippen LogP contribution in [0.1, 0.15) is 45.2 Å². The van der Waals surface area contributed by atoms with Crippen LogP contribution in [0.15, 0.2) is 182 Å². The van der Waals surface area contributed by atoms with Crippen molar-refractivity contribution < 1.29 is 0 Å². The minimum atomic E-state index is 0.162. The van der Waals surface area contributed by atoms with Gasteiger partial charge in [-0.2, -0.15) is 10.2 Å². The highest BCUT2D eigenvalue weighted by Gasteiger charge is 2.41. The Kier molecular flexibility index (Phi) is 7.52. The molecule has 0 saturated carbocycles. The van der Waals surface area contributed by atoms with Crippen molar-refractivity contribution in [3.05, 3.63) is 216 Å². The molecule has 3 heterocycles. The van der Waals surface area contributed by atoms with Gasteiger partial charge in [0.2, 0.25) is 0 Å². The fourth-order valence-corrected chi connectivity index (χ4v) is 8.52. The molecule has 3 aromatic heterocycles. The van der Waals surface area contributed by atoms with Gasteiger partial charge in [-0.3, -0.25) is 4.98 Å². The molecule has 12 rings (SSSR count). The van der Waals surface area contributed by atoms with E-state index in [0.717, 1.165) is 44.6 Å². The van der Waals surface area contributed by atoms with Gasteiger partial charge in [-0.15, -0.1) is 0 Å². The second-order valence-corrected chi connectivity index (χ2v) is 14.4. The van der Waals surface area contributed by atoms with E-state index in [2.05, 4.69) is 130 Å². The zero-order valence-electron chi connectivity index (χ0n) is 30.2. The van der Waals surface area contributed by atoms with Gasteiger partial charge in [0.15, 0.2) is 17.5 Å². The van der Waals surface area contributed by atoms with E-state index in [1.165, 1.54) is 38.9 Å². The molecule has 6 heteroatoms. The van der Waals surface area contributed by atoms with E-state index < -0.39 is 0 Å².